The van der Waals surface area contributed by atoms with Gasteiger partial charge < -0.3 is 15.0 Å². The molecule has 1 N–H and O–H groups in total. The molecule has 108 valence electrons. The molecule has 0 radical (unpaired) electrons. The number of likely N-dealkylation sites (tertiary alicyclic amines) is 1. The van der Waals surface area contributed by atoms with Gasteiger partial charge in [-0.05, 0) is 45.6 Å². The van der Waals surface area contributed by atoms with Crippen LogP contribution in [0.3, 0.4) is 0 Å². The zero-order valence-corrected chi connectivity index (χ0v) is 12.0. The number of carbonyl (C=O) groups is 1. The molecule has 3 rings (SSSR count). The molecule has 0 saturated carbocycles. The average Bonchev–Trinajstić information content (AvgIpc) is 2.87. The summed E-state index contributed by atoms with van der Waals surface area (Å²) in [5, 5.41) is 3.33. The van der Waals surface area contributed by atoms with E-state index in [9.17, 15) is 4.79 Å². The van der Waals surface area contributed by atoms with E-state index in [4.69, 9.17) is 4.74 Å². The molecule has 1 amide bonds. The van der Waals surface area contributed by atoms with Crippen LogP contribution in [0, 0.1) is 10.8 Å². The topological polar surface area (TPSA) is 41.6 Å². The maximum Gasteiger partial charge on any atom is 0.229 e. The smallest absolute Gasteiger partial charge is 0.229 e. The minimum Gasteiger partial charge on any atom is -0.381 e. The highest BCUT2D eigenvalue weighted by Crippen LogP contribution is 2.39. The van der Waals surface area contributed by atoms with Gasteiger partial charge in [-0.2, -0.15) is 0 Å². The third-order valence-electron chi connectivity index (χ3n) is 5.24. The lowest BCUT2D eigenvalue weighted by Crippen LogP contribution is -2.53. The number of hydrogen-bond acceptors (Lipinski definition) is 3. The summed E-state index contributed by atoms with van der Waals surface area (Å²) >= 11 is 0. The lowest BCUT2D eigenvalue weighted by Gasteiger charge is -2.46. The second kappa shape index (κ2) is 5.06. The molecule has 0 aliphatic carbocycles. The van der Waals surface area contributed by atoms with Crippen molar-refractivity contribution in [2.45, 2.75) is 39.0 Å². The largest absolute Gasteiger partial charge is 0.381 e. The van der Waals surface area contributed by atoms with Crippen molar-refractivity contribution < 1.29 is 9.53 Å². The number of nitrogens with one attached hydrogen (secondary N) is 1. The molecule has 4 heteroatoms. The fourth-order valence-electron chi connectivity index (χ4n) is 3.99. The molecular formula is C15H26N2O2. The van der Waals surface area contributed by atoms with Gasteiger partial charge in [-0.3, -0.25) is 4.79 Å². The number of piperidine rings is 1. The summed E-state index contributed by atoms with van der Waals surface area (Å²) in [7, 11) is 0. The number of nitrogens with zero attached hydrogens (tertiary/aromatic N) is 1. The van der Waals surface area contributed by atoms with Gasteiger partial charge in [0.2, 0.25) is 5.91 Å². The fourth-order valence-corrected chi connectivity index (χ4v) is 3.99. The predicted octanol–water partition coefficient (Wildman–Crippen LogP) is 1.41. The Labute approximate surface area is 115 Å². The molecule has 3 aliphatic heterocycles. The van der Waals surface area contributed by atoms with E-state index < -0.39 is 0 Å². The summed E-state index contributed by atoms with van der Waals surface area (Å²) in [5.41, 5.74) is 0.0859. The molecule has 3 aliphatic rings. The number of hydrogen-bond donors (Lipinski definition) is 1. The van der Waals surface area contributed by atoms with Crippen LogP contribution in [0.15, 0.2) is 0 Å². The van der Waals surface area contributed by atoms with Crippen LogP contribution in [0.4, 0.5) is 0 Å². The molecule has 2 atom stereocenters. The number of rotatable bonds is 1. The first-order valence-corrected chi connectivity index (χ1v) is 7.72. The van der Waals surface area contributed by atoms with E-state index in [1.165, 1.54) is 12.8 Å². The van der Waals surface area contributed by atoms with Gasteiger partial charge in [0, 0.05) is 31.7 Å². The van der Waals surface area contributed by atoms with Crippen LogP contribution in [0.2, 0.25) is 0 Å². The van der Waals surface area contributed by atoms with Crippen LogP contribution in [0.1, 0.15) is 39.0 Å². The van der Waals surface area contributed by atoms with Crippen LogP contribution < -0.4 is 5.32 Å². The maximum atomic E-state index is 12.8. The minimum atomic E-state index is -0.173. The monoisotopic (exact) mass is 266 g/mol. The molecule has 3 saturated heterocycles. The highest BCUT2D eigenvalue weighted by molar-refractivity contribution is 5.83. The van der Waals surface area contributed by atoms with Crippen molar-refractivity contribution in [2.24, 2.45) is 10.8 Å². The van der Waals surface area contributed by atoms with Crippen molar-refractivity contribution in [1.82, 2.24) is 10.2 Å². The Morgan fingerprint density at radius 1 is 1.26 bits per heavy atom. The third kappa shape index (κ3) is 2.52. The zero-order chi connectivity index (χ0) is 13.3. The maximum absolute atomic E-state index is 12.8. The van der Waals surface area contributed by atoms with Gasteiger partial charge in [-0.25, -0.2) is 0 Å². The standard InChI is InChI=1S/C15H26N2O2/c1-14(6-7-16-10-14)13(18)17-8-2-4-15(11-17)5-3-9-19-12-15/h16H,2-12H2,1H3. The summed E-state index contributed by atoms with van der Waals surface area (Å²) in [4.78, 5) is 14.9. The second-order valence-corrected chi connectivity index (χ2v) is 6.97. The SMILES string of the molecule is CC1(C(=O)N2CCCC3(CCCOC3)C2)CCNC1. The third-order valence-corrected chi connectivity index (χ3v) is 5.24. The summed E-state index contributed by atoms with van der Waals surface area (Å²) in [5.74, 6) is 0.363. The first-order chi connectivity index (χ1) is 9.14. The minimum absolute atomic E-state index is 0.173. The van der Waals surface area contributed by atoms with Gasteiger partial charge in [-0.1, -0.05) is 0 Å². The Morgan fingerprint density at radius 3 is 2.79 bits per heavy atom. The Morgan fingerprint density at radius 2 is 2.11 bits per heavy atom. The number of ether oxygens (including phenoxy) is 1. The van der Waals surface area contributed by atoms with Gasteiger partial charge in [0.25, 0.3) is 0 Å². The van der Waals surface area contributed by atoms with Crippen molar-refractivity contribution in [1.29, 1.82) is 0 Å². The summed E-state index contributed by atoms with van der Waals surface area (Å²) in [6.07, 6.45) is 5.72. The average molecular weight is 266 g/mol. The van der Waals surface area contributed by atoms with Gasteiger partial charge in [-0.15, -0.1) is 0 Å². The van der Waals surface area contributed by atoms with E-state index in [2.05, 4.69) is 17.1 Å². The van der Waals surface area contributed by atoms with Crippen LogP contribution in [-0.2, 0) is 9.53 Å². The van der Waals surface area contributed by atoms with E-state index >= 15 is 0 Å². The molecule has 0 aromatic rings. The Hall–Kier alpha value is -0.610. The normalized spacial score (nSPS) is 39.7. The predicted molar refractivity (Wildman–Crippen MR) is 73.9 cm³/mol. The van der Waals surface area contributed by atoms with E-state index in [-0.39, 0.29) is 10.8 Å². The molecule has 4 nitrogen and oxygen atoms in total. The van der Waals surface area contributed by atoms with Crippen LogP contribution in [0.5, 0.6) is 0 Å². The molecule has 2 unspecified atom stereocenters. The fraction of sp³-hybridized carbons (Fsp3) is 0.933. The molecular weight excluding hydrogens is 240 g/mol. The van der Waals surface area contributed by atoms with Crippen LogP contribution in [-0.4, -0.2) is 50.2 Å². The molecule has 0 bridgehead atoms. The molecule has 3 fully saturated rings. The summed E-state index contributed by atoms with van der Waals surface area (Å²) < 4.78 is 5.69. The Balaban J connectivity index is 1.69. The number of carbonyl (C=O) groups excluding carboxylic acids is 1. The van der Waals surface area contributed by atoms with Gasteiger partial charge in [0.15, 0.2) is 0 Å². The van der Waals surface area contributed by atoms with Crippen molar-refractivity contribution in [3.05, 3.63) is 0 Å². The van der Waals surface area contributed by atoms with Crippen molar-refractivity contribution >= 4 is 5.91 Å². The lowest BCUT2D eigenvalue weighted by molar-refractivity contribution is -0.147. The van der Waals surface area contributed by atoms with Gasteiger partial charge in [0.1, 0.15) is 0 Å². The first-order valence-electron chi connectivity index (χ1n) is 7.72. The molecule has 0 aromatic heterocycles. The summed E-state index contributed by atoms with van der Waals surface area (Å²) in [6, 6.07) is 0. The summed E-state index contributed by atoms with van der Waals surface area (Å²) in [6.45, 7) is 7.55. The van der Waals surface area contributed by atoms with E-state index in [1.54, 1.807) is 0 Å². The van der Waals surface area contributed by atoms with E-state index in [1.807, 2.05) is 0 Å². The highest BCUT2D eigenvalue weighted by Gasteiger charge is 2.44. The van der Waals surface area contributed by atoms with Crippen molar-refractivity contribution in [3.8, 4) is 0 Å². The molecule has 3 heterocycles. The lowest BCUT2D eigenvalue weighted by atomic mass is 9.75. The second-order valence-electron chi connectivity index (χ2n) is 6.97. The molecule has 1 spiro atoms. The number of amides is 1. The molecule has 19 heavy (non-hydrogen) atoms. The quantitative estimate of drug-likeness (QED) is 0.780. The van der Waals surface area contributed by atoms with Crippen LogP contribution >= 0.6 is 0 Å². The van der Waals surface area contributed by atoms with Gasteiger partial charge >= 0.3 is 0 Å². The first kappa shape index (κ1) is 13.4. The Kier molecular flexibility index (Phi) is 3.56. The molecule has 0 aromatic carbocycles. The van der Waals surface area contributed by atoms with E-state index in [0.29, 0.717) is 5.91 Å². The highest BCUT2D eigenvalue weighted by atomic mass is 16.5. The Bertz CT molecular complexity index is 339. The van der Waals surface area contributed by atoms with Crippen molar-refractivity contribution in [2.75, 3.05) is 39.4 Å². The van der Waals surface area contributed by atoms with Gasteiger partial charge in [0.05, 0.1) is 12.0 Å². The van der Waals surface area contributed by atoms with E-state index in [0.717, 1.165) is 58.7 Å². The zero-order valence-electron chi connectivity index (χ0n) is 12.0. The van der Waals surface area contributed by atoms with Crippen molar-refractivity contribution in [3.63, 3.8) is 0 Å². The van der Waals surface area contributed by atoms with Crippen LogP contribution in [0.25, 0.3) is 0 Å².